The summed E-state index contributed by atoms with van der Waals surface area (Å²) < 4.78 is 1.07. The Morgan fingerprint density at radius 1 is 1.25 bits per heavy atom. The van der Waals surface area contributed by atoms with E-state index in [1.807, 2.05) is 13.0 Å². The molecule has 3 heteroatoms. The van der Waals surface area contributed by atoms with E-state index < -0.39 is 0 Å². The molecule has 0 atom stereocenters. The number of nitrogens with one attached hydrogen (secondary N) is 1. The first-order valence-corrected chi connectivity index (χ1v) is 6.78. The maximum atomic E-state index is 5.86. The molecule has 1 aliphatic rings. The minimum atomic E-state index is 0.632. The van der Waals surface area contributed by atoms with Gasteiger partial charge in [0.05, 0.1) is 0 Å². The molecule has 1 aromatic rings. The average Bonchev–Trinajstić information content (AvgIpc) is 2.27. The fourth-order valence-corrected chi connectivity index (χ4v) is 2.75. The molecule has 0 radical (unpaired) electrons. The standard InChI is InChI=1S/C13H19BrN2/c1-9-7-13(11(14)8-12(9)15)16-10-5-3-2-4-6-10/h7-8,10,16H,2-6,15H2,1H3. The van der Waals surface area contributed by atoms with E-state index in [1.165, 1.54) is 37.8 Å². The molecule has 0 spiro atoms. The second-order valence-electron chi connectivity index (χ2n) is 4.67. The van der Waals surface area contributed by atoms with Gasteiger partial charge in [0.15, 0.2) is 0 Å². The predicted molar refractivity (Wildman–Crippen MR) is 73.8 cm³/mol. The predicted octanol–water partition coefficient (Wildman–Crippen LogP) is 4.08. The van der Waals surface area contributed by atoms with Gasteiger partial charge in [-0.25, -0.2) is 0 Å². The summed E-state index contributed by atoms with van der Waals surface area (Å²) >= 11 is 3.57. The molecule has 16 heavy (non-hydrogen) atoms. The van der Waals surface area contributed by atoms with Crippen LogP contribution in [0, 0.1) is 6.92 Å². The summed E-state index contributed by atoms with van der Waals surface area (Å²) in [5.41, 5.74) is 9.03. The number of hydrogen-bond donors (Lipinski definition) is 2. The molecule has 88 valence electrons. The molecule has 0 amide bonds. The van der Waals surface area contributed by atoms with Crippen molar-refractivity contribution in [3.63, 3.8) is 0 Å². The van der Waals surface area contributed by atoms with Crippen LogP contribution in [0.1, 0.15) is 37.7 Å². The molecule has 1 aromatic carbocycles. The van der Waals surface area contributed by atoms with Crippen LogP contribution in [0.25, 0.3) is 0 Å². The molecule has 1 aliphatic carbocycles. The van der Waals surface area contributed by atoms with E-state index in [4.69, 9.17) is 5.73 Å². The summed E-state index contributed by atoms with van der Waals surface area (Å²) in [6, 6.07) is 4.75. The van der Waals surface area contributed by atoms with Gasteiger partial charge < -0.3 is 11.1 Å². The Bertz CT molecular complexity index is 370. The zero-order valence-electron chi connectivity index (χ0n) is 9.72. The Labute approximate surface area is 106 Å². The average molecular weight is 283 g/mol. The lowest BCUT2D eigenvalue weighted by atomic mass is 9.95. The number of halogens is 1. The fraction of sp³-hybridized carbons (Fsp3) is 0.538. The van der Waals surface area contributed by atoms with Gasteiger partial charge in [-0.3, -0.25) is 0 Å². The van der Waals surface area contributed by atoms with Gasteiger partial charge in [0.2, 0.25) is 0 Å². The maximum Gasteiger partial charge on any atom is 0.0490 e. The normalized spacial score (nSPS) is 17.4. The lowest BCUT2D eigenvalue weighted by molar-refractivity contribution is 0.462. The van der Waals surface area contributed by atoms with Crippen molar-refractivity contribution in [3.8, 4) is 0 Å². The summed E-state index contributed by atoms with van der Waals surface area (Å²) in [4.78, 5) is 0. The van der Waals surface area contributed by atoms with Crippen LogP contribution in [-0.4, -0.2) is 6.04 Å². The molecule has 0 unspecified atom stereocenters. The van der Waals surface area contributed by atoms with Crippen molar-refractivity contribution < 1.29 is 0 Å². The Morgan fingerprint density at radius 2 is 1.94 bits per heavy atom. The van der Waals surface area contributed by atoms with Crippen molar-refractivity contribution in [1.82, 2.24) is 0 Å². The molecule has 0 bridgehead atoms. The van der Waals surface area contributed by atoms with Crippen molar-refractivity contribution >= 4 is 27.3 Å². The molecule has 2 nitrogen and oxygen atoms in total. The zero-order valence-corrected chi connectivity index (χ0v) is 11.3. The highest BCUT2D eigenvalue weighted by Gasteiger charge is 2.14. The summed E-state index contributed by atoms with van der Waals surface area (Å²) in [6.45, 7) is 2.05. The van der Waals surface area contributed by atoms with Gasteiger partial charge in [0.25, 0.3) is 0 Å². The van der Waals surface area contributed by atoms with Crippen molar-refractivity contribution in [2.45, 2.75) is 45.1 Å². The SMILES string of the molecule is Cc1cc(NC2CCCCC2)c(Br)cc1N. The number of aryl methyl sites for hydroxylation is 1. The van der Waals surface area contributed by atoms with E-state index in [9.17, 15) is 0 Å². The number of nitrogen functional groups attached to an aromatic ring is 1. The second-order valence-corrected chi connectivity index (χ2v) is 5.52. The van der Waals surface area contributed by atoms with Crippen LogP contribution in [-0.2, 0) is 0 Å². The highest BCUT2D eigenvalue weighted by atomic mass is 79.9. The summed E-state index contributed by atoms with van der Waals surface area (Å²) in [6.07, 6.45) is 6.67. The van der Waals surface area contributed by atoms with Crippen molar-refractivity contribution in [1.29, 1.82) is 0 Å². The fourth-order valence-electron chi connectivity index (χ4n) is 2.27. The Morgan fingerprint density at radius 3 is 2.62 bits per heavy atom. The Balaban J connectivity index is 2.11. The van der Waals surface area contributed by atoms with Gasteiger partial charge in [-0.2, -0.15) is 0 Å². The van der Waals surface area contributed by atoms with E-state index in [0.717, 1.165) is 15.7 Å². The van der Waals surface area contributed by atoms with Crippen LogP contribution < -0.4 is 11.1 Å². The van der Waals surface area contributed by atoms with Gasteiger partial charge in [-0.15, -0.1) is 0 Å². The third-order valence-corrected chi connectivity index (χ3v) is 3.98. The number of benzene rings is 1. The summed E-state index contributed by atoms with van der Waals surface area (Å²) in [5, 5.41) is 3.61. The van der Waals surface area contributed by atoms with Crippen molar-refractivity contribution in [2.75, 3.05) is 11.1 Å². The van der Waals surface area contributed by atoms with Crippen LogP contribution in [0.5, 0.6) is 0 Å². The van der Waals surface area contributed by atoms with Crippen molar-refractivity contribution in [2.24, 2.45) is 0 Å². The van der Waals surface area contributed by atoms with Gasteiger partial charge in [0.1, 0.15) is 0 Å². The van der Waals surface area contributed by atoms with Gasteiger partial charge >= 0.3 is 0 Å². The Kier molecular flexibility index (Phi) is 3.74. The molecule has 0 heterocycles. The molecule has 0 saturated heterocycles. The number of rotatable bonds is 2. The first kappa shape index (κ1) is 11.8. The molecule has 0 aromatic heterocycles. The van der Waals surface area contributed by atoms with E-state index in [1.54, 1.807) is 0 Å². The van der Waals surface area contributed by atoms with E-state index in [-0.39, 0.29) is 0 Å². The quantitative estimate of drug-likeness (QED) is 0.802. The molecule has 3 N–H and O–H groups in total. The van der Waals surface area contributed by atoms with Crippen LogP contribution in [0.15, 0.2) is 16.6 Å². The lowest BCUT2D eigenvalue weighted by Gasteiger charge is -2.24. The highest BCUT2D eigenvalue weighted by Crippen LogP contribution is 2.30. The highest BCUT2D eigenvalue weighted by molar-refractivity contribution is 9.10. The van der Waals surface area contributed by atoms with Crippen LogP contribution in [0.2, 0.25) is 0 Å². The summed E-state index contributed by atoms with van der Waals surface area (Å²) in [7, 11) is 0. The number of anilines is 2. The smallest absolute Gasteiger partial charge is 0.0490 e. The Hall–Kier alpha value is -0.700. The third kappa shape index (κ3) is 2.70. The van der Waals surface area contributed by atoms with Gasteiger partial charge in [0, 0.05) is 21.9 Å². The van der Waals surface area contributed by atoms with Crippen LogP contribution >= 0.6 is 15.9 Å². The maximum absolute atomic E-state index is 5.86. The summed E-state index contributed by atoms with van der Waals surface area (Å²) in [5.74, 6) is 0. The molecular weight excluding hydrogens is 264 g/mol. The van der Waals surface area contributed by atoms with Crippen LogP contribution in [0.3, 0.4) is 0 Å². The molecule has 1 saturated carbocycles. The van der Waals surface area contributed by atoms with Gasteiger partial charge in [-0.05, 0) is 53.4 Å². The molecular formula is C13H19BrN2. The number of hydrogen-bond acceptors (Lipinski definition) is 2. The second kappa shape index (κ2) is 5.09. The van der Waals surface area contributed by atoms with Crippen molar-refractivity contribution in [3.05, 3.63) is 22.2 Å². The van der Waals surface area contributed by atoms with E-state index >= 15 is 0 Å². The largest absolute Gasteiger partial charge is 0.398 e. The monoisotopic (exact) mass is 282 g/mol. The first-order valence-electron chi connectivity index (χ1n) is 5.99. The van der Waals surface area contributed by atoms with Crippen LogP contribution in [0.4, 0.5) is 11.4 Å². The molecule has 1 fully saturated rings. The molecule has 2 rings (SSSR count). The number of nitrogens with two attached hydrogens (primary N) is 1. The molecule has 0 aliphatic heterocycles. The van der Waals surface area contributed by atoms with E-state index in [0.29, 0.717) is 6.04 Å². The first-order chi connectivity index (χ1) is 7.66. The third-order valence-electron chi connectivity index (χ3n) is 3.32. The zero-order chi connectivity index (χ0) is 11.5. The van der Waals surface area contributed by atoms with E-state index in [2.05, 4.69) is 27.3 Å². The minimum absolute atomic E-state index is 0.632. The minimum Gasteiger partial charge on any atom is -0.398 e. The topological polar surface area (TPSA) is 38.0 Å². The van der Waals surface area contributed by atoms with Gasteiger partial charge in [-0.1, -0.05) is 19.3 Å². The lowest BCUT2D eigenvalue weighted by Crippen LogP contribution is -2.22.